The van der Waals surface area contributed by atoms with Crippen molar-refractivity contribution in [2.45, 2.75) is 76.3 Å². The molecule has 2 saturated carbocycles. The van der Waals surface area contributed by atoms with Gasteiger partial charge in [-0.05, 0) is 67.4 Å². The van der Waals surface area contributed by atoms with Crippen LogP contribution in [-0.4, -0.2) is 6.04 Å². The summed E-state index contributed by atoms with van der Waals surface area (Å²) in [6.45, 7) is 0. The third-order valence-corrected chi connectivity index (χ3v) is 6.97. The van der Waals surface area contributed by atoms with Crippen LogP contribution in [0.15, 0.2) is 11.4 Å². The van der Waals surface area contributed by atoms with Crippen molar-refractivity contribution in [3.8, 4) is 0 Å². The maximum absolute atomic E-state index is 4.06. The number of hydrogen-bond acceptors (Lipinski definition) is 2. The Morgan fingerprint density at radius 1 is 1.05 bits per heavy atom. The van der Waals surface area contributed by atoms with E-state index in [1.165, 1.54) is 64.2 Å². The second-order valence-corrected chi connectivity index (χ2v) is 7.93. The summed E-state index contributed by atoms with van der Waals surface area (Å²) in [6.07, 6.45) is 14.4. The second-order valence-electron chi connectivity index (χ2n) is 6.92. The van der Waals surface area contributed by atoms with Gasteiger partial charge in [0.05, 0.1) is 0 Å². The molecule has 104 valence electrons. The van der Waals surface area contributed by atoms with Crippen LogP contribution in [0.3, 0.4) is 0 Å². The summed E-state index contributed by atoms with van der Waals surface area (Å²) in [6, 6.07) is 3.87. The minimum Gasteiger partial charge on any atom is -0.307 e. The molecule has 1 spiro atoms. The first-order valence-electron chi connectivity index (χ1n) is 8.20. The van der Waals surface area contributed by atoms with E-state index in [2.05, 4.69) is 16.8 Å². The van der Waals surface area contributed by atoms with Crippen LogP contribution >= 0.6 is 11.3 Å². The molecule has 1 heterocycles. The SMILES string of the molecule is c1cc2c(s1)CCCC2NC1CCC12CCCCC2. The number of fused-ring (bicyclic) bond motifs is 1. The van der Waals surface area contributed by atoms with Gasteiger partial charge < -0.3 is 5.32 Å². The fourth-order valence-corrected chi connectivity index (χ4v) is 5.70. The van der Waals surface area contributed by atoms with Crippen LogP contribution in [-0.2, 0) is 6.42 Å². The van der Waals surface area contributed by atoms with E-state index < -0.39 is 0 Å². The van der Waals surface area contributed by atoms with Gasteiger partial charge in [-0.3, -0.25) is 0 Å². The zero-order valence-corrected chi connectivity index (χ0v) is 12.6. The molecule has 2 atom stereocenters. The van der Waals surface area contributed by atoms with Gasteiger partial charge in [-0.2, -0.15) is 0 Å². The van der Waals surface area contributed by atoms with Crippen LogP contribution < -0.4 is 5.32 Å². The van der Waals surface area contributed by atoms with Crippen molar-refractivity contribution in [3.63, 3.8) is 0 Å². The minimum absolute atomic E-state index is 0.666. The Kier molecular flexibility index (Phi) is 3.19. The van der Waals surface area contributed by atoms with E-state index in [-0.39, 0.29) is 0 Å². The van der Waals surface area contributed by atoms with E-state index in [4.69, 9.17) is 0 Å². The van der Waals surface area contributed by atoms with Gasteiger partial charge in [-0.15, -0.1) is 11.3 Å². The lowest BCUT2D eigenvalue weighted by atomic mass is 9.57. The Morgan fingerprint density at radius 2 is 1.95 bits per heavy atom. The highest BCUT2D eigenvalue weighted by molar-refractivity contribution is 7.10. The van der Waals surface area contributed by atoms with Gasteiger partial charge in [0.25, 0.3) is 0 Å². The van der Waals surface area contributed by atoms with Crippen LogP contribution in [0, 0.1) is 5.41 Å². The molecule has 4 rings (SSSR count). The zero-order valence-electron chi connectivity index (χ0n) is 11.8. The quantitative estimate of drug-likeness (QED) is 0.815. The topological polar surface area (TPSA) is 12.0 Å². The van der Waals surface area contributed by atoms with Crippen molar-refractivity contribution < 1.29 is 0 Å². The summed E-state index contributed by atoms with van der Waals surface area (Å²) in [7, 11) is 0. The van der Waals surface area contributed by atoms with Gasteiger partial charge in [0.15, 0.2) is 0 Å². The van der Waals surface area contributed by atoms with E-state index in [9.17, 15) is 0 Å². The summed E-state index contributed by atoms with van der Waals surface area (Å²) in [4.78, 5) is 1.65. The number of rotatable bonds is 2. The number of thiophene rings is 1. The highest BCUT2D eigenvalue weighted by Crippen LogP contribution is 2.52. The van der Waals surface area contributed by atoms with Crippen LogP contribution in [0.2, 0.25) is 0 Å². The molecular weight excluding hydrogens is 250 g/mol. The molecular formula is C17H25NS. The highest BCUT2D eigenvalue weighted by atomic mass is 32.1. The molecule has 0 saturated heterocycles. The molecule has 19 heavy (non-hydrogen) atoms. The lowest BCUT2D eigenvalue weighted by Crippen LogP contribution is -2.55. The Morgan fingerprint density at radius 3 is 2.74 bits per heavy atom. The highest BCUT2D eigenvalue weighted by Gasteiger charge is 2.47. The molecule has 2 unspecified atom stereocenters. The standard InChI is InChI=1S/C17H25NS/c1-2-9-17(10-3-1)11-7-16(17)18-14-5-4-6-15-13(14)8-12-19-15/h8,12,14,16,18H,1-7,9-11H2. The molecule has 1 nitrogen and oxygen atoms in total. The van der Waals surface area contributed by atoms with Crippen LogP contribution in [0.25, 0.3) is 0 Å². The third kappa shape index (κ3) is 2.08. The van der Waals surface area contributed by atoms with Gasteiger partial charge in [-0.25, -0.2) is 0 Å². The van der Waals surface area contributed by atoms with Gasteiger partial charge in [0.1, 0.15) is 0 Å². The molecule has 0 radical (unpaired) electrons. The van der Waals surface area contributed by atoms with Crippen molar-refractivity contribution in [3.05, 3.63) is 21.9 Å². The molecule has 1 aromatic heterocycles. The smallest absolute Gasteiger partial charge is 0.0334 e. The third-order valence-electron chi connectivity index (χ3n) is 5.97. The molecule has 2 fully saturated rings. The van der Waals surface area contributed by atoms with Crippen LogP contribution in [0.4, 0.5) is 0 Å². The first-order valence-corrected chi connectivity index (χ1v) is 9.08. The lowest BCUT2D eigenvalue weighted by molar-refractivity contribution is 0.0150. The fourth-order valence-electron chi connectivity index (χ4n) is 4.71. The maximum atomic E-state index is 4.06. The van der Waals surface area contributed by atoms with Gasteiger partial charge >= 0.3 is 0 Å². The van der Waals surface area contributed by atoms with E-state index in [1.54, 1.807) is 10.4 Å². The summed E-state index contributed by atoms with van der Waals surface area (Å²) in [5, 5.41) is 6.36. The Balaban J connectivity index is 1.48. The van der Waals surface area contributed by atoms with Crippen LogP contribution in [0.5, 0.6) is 0 Å². The summed E-state index contributed by atoms with van der Waals surface area (Å²) < 4.78 is 0. The monoisotopic (exact) mass is 275 g/mol. The zero-order chi connectivity index (χ0) is 12.7. The fraction of sp³-hybridized carbons (Fsp3) is 0.765. The summed E-state index contributed by atoms with van der Waals surface area (Å²) >= 11 is 1.97. The Labute approximate surface area is 120 Å². The van der Waals surface area contributed by atoms with Crippen molar-refractivity contribution in [1.82, 2.24) is 5.32 Å². The molecule has 3 aliphatic rings. The average Bonchev–Trinajstić information content (AvgIpc) is 2.93. The first-order chi connectivity index (χ1) is 9.37. The molecule has 0 aliphatic heterocycles. The number of hydrogen-bond donors (Lipinski definition) is 1. The lowest BCUT2D eigenvalue weighted by Gasteiger charge is -2.54. The van der Waals surface area contributed by atoms with E-state index >= 15 is 0 Å². The molecule has 1 N–H and O–H groups in total. The number of aryl methyl sites for hydroxylation is 1. The first kappa shape index (κ1) is 12.4. The molecule has 2 heteroatoms. The van der Waals surface area contributed by atoms with Crippen molar-refractivity contribution >= 4 is 11.3 Å². The predicted molar refractivity (Wildman–Crippen MR) is 81.7 cm³/mol. The molecule has 0 aromatic carbocycles. The van der Waals surface area contributed by atoms with E-state index in [0.29, 0.717) is 11.5 Å². The van der Waals surface area contributed by atoms with Gasteiger partial charge in [0, 0.05) is 17.0 Å². The minimum atomic E-state index is 0.666. The van der Waals surface area contributed by atoms with Crippen molar-refractivity contribution in [2.75, 3.05) is 0 Å². The Hall–Kier alpha value is -0.340. The largest absolute Gasteiger partial charge is 0.307 e. The molecule has 0 bridgehead atoms. The molecule has 3 aliphatic carbocycles. The van der Waals surface area contributed by atoms with Crippen molar-refractivity contribution in [1.29, 1.82) is 0 Å². The Bertz CT molecular complexity index is 444. The van der Waals surface area contributed by atoms with Crippen molar-refractivity contribution in [2.24, 2.45) is 5.41 Å². The number of nitrogens with one attached hydrogen (secondary N) is 1. The average molecular weight is 275 g/mol. The van der Waals surface area contributed by atoms with E-state index in [1.807, 2.05) is 11.3 Å². The second kappa shape index (κ2) is 4.89. The van der Waals surface area contributed by atoms with Gasteiger partial charge in [0.2, 0.25) is 0 Å². The normalized spacial score (nSPS) is 32.8. The predicted octanol–water partition coefficient (Wildman–Crippen LogP) is 4.83. The summed E-state index contributed by atoms with van der Waals surface area (Å²) in [5.41, 5.74) is 2.33. The van der Waals surface area contributed by atoms with E-state index in [0.717, 1.165) is 6.04 Å². The summed E-state index contributed by atoms with van der Waals surface area (Å²) in [5.74, 6) is 0. The molecule has 1 aromatic rings. The van der Waals surface area contributed by atoms with Crippen LogP contribution in [0.1, 0.15) is 74.3 Å². The van der Waals surface area contributed by atoms with Gasteiger partial charge in [-0.1, -0.05) is 19.3 Å². The molecule has 0 amide bonds. The maximum Gasteiger partial charge on any atom is 0.0334 e.